The summed E-state index contributed by atoms with van der Waals surface area (Å²) in [5.74, 6) is 1.01. The van der Waals surface area contributed by atoms with E-state index in [1.807, 2.05) is 54.6 Å². The van der Waals surface area contributed by atoms with Crippen LogP contribution in [0.15, 0.2) is 66.7 Å². The third-order valence-electron chi connectivity index (χ3n) is 3.70. The lowest BCUT2D eigenvalue weighted by Crippen LogP contribution is -2.27. The Morgan fingerprint density at radius 3 is 2.36 bits per heavy atom. The van der Waals surface area contributed by atoms with E-state index < -0.39 is 0 Å². The highest BCUT2D eigenvalue weighted by molar-refractivity contribution is 6.04. The number of carbonyl (C=O) groups excluding carboxylic acids is 1. The Balaban J connectivity index is 1.75. The van der Waals surface area contributed by atoms with E-state index in [9.17, 15) is 4.79 Å². The Labute approximate surface area is 146 Å². The lowest BCUT2D eigenvalue weighted by atomic mass is 10.2. The van der Waals surface area contributed by atoms with Gasteiger partial charge in [0.05, 0.1) is 12.8 Å². The van der Waals surface area contributed by atoms with E-state index in [2.05, 4.69) is 15.5 Å². The molecule has 0 atom stereocenters. The van der Waals surface area contributed by atoms with Crippen LogP contribution in [-0.4, -0.2) is 30.3 Å². The molecular weight excluding hydrogens is 316 g/mol. The van der Waals surface area contributed by atoms with Crippen molar-refractivity contribution in [1.82, 2.24) is 10.2 Å². The molecule has 0 aliphatic heterocycles. The minimum atomic E-state index is -0.220. The second-order valence-electron chi connectivity index (χ2n) is 5.33. The lowest BCUT2D eigenvalue weighted by molar-refractivity contribution is 0.0987. The summed E-state index contributed by atoms with van der Waals surface area (Å²) in [4.78, 5) is 14.0. The third-order valence-corrected chi connectivity index (χ3v) is 3.70. The van der Waals surface area contributed by atoms with Gasteiger partial charge in [0, 0.05) is 12.7 Å². The highest BCUT2D eigenvalue weighted by Crippen LogP contribution is 2.25. The first-order chi connectivity index (χ1) is 12.2. The summed E-state index contributed by atoms with van der Waals surface area (Å²) in [6, 6.07) is 20.3. The molecule has 6 nitrogen and oxygen atoms in total. The maximum atomic E-state index is 12.5. The molecule has 126 valence electrons. The molecule has 1 amide bonds. The molecule has 1 N–H and O–H groups in total. The molecule has 3 rings (SSSR count). The molecule has 3 aromatic rings. The molecule has 25 heavy (non-hydrogen) atoms. The van der Waals surface area contributed by atoms with Gasteiger partial charge in [0.2, 0.25) is 0 Å². The van der Waals surface area contributed by atoms with E-state index in [0.29, 0.717) is 11.6 Å². The van der Waals surface area contributed by atoms with Gasteiger partial charge in [-0.2, -0.15) is 0 Å². The second kappa shape index (κ2) is 7.44. The van der Waals surface area contributed by atoms with E-state index in [1.54, 1.807) is 26.3 Å². The first-order valence-corrected chi connectivity index (χ1v) is 7.76. The lowest BCUT2D eigenvalue weighted by Gasteiger charge is -2.16. The van der Waals surface area contributed by atoms with E-state index in [0.717, 1.165) is 11.4 Å². The summed E-state index contributed by atoms with van der Waals surface area (Å²) >= 11 is 0. The van der Waals surface area contributed by atoms with Crippen molar-refractivity contribution in [3.05, 3.63) is 72.4 Å². The van der Waals surface area contributed by atoms with E-state index in [-0.39, 0.29) is 11.6 Å². The van der Waals surface area contributed by atoms with Crippen LogP contribution in [0.3, 0.4) is 0 Å². The van der Waals surface area contributed by atoms with Crippen molar-refractivity contribution in [2.24, 2.45) is 0 Å². The summed E-state index contributed by atoms with van der Waals surface area (Å²) < 4.78 is 5.29. The normalized spacial score (nSPS) is 10.2. The van der Waals surface area contributed by atoms with Gasteiger partial charge in [-0.25, -0.2) is 0 Å². The maximum Gasteiger partial charge on any atom is 0.278 e. The van der Waals surface area contributed by atoms with Gasteiger partial charge in [0.25, 0.3) is 5.91 Å². The first-order valence-electron chi connectivity index (χ1n) is 7.76. The van der Waals surface area contributed by atoms with Crippen LogP contribution < -0.4 is 15.0 Å². The number of anilines is 3. The van der Waals surface area contributed by atoms with Crippen LogP contribution in [0.1, 0.15) is 10.5 Å². The molecule has 1 aromatic heterocycles. The summed E-state index contributed by atoms with van der Waals surface area (Å²) in [5.41, 5.74) is 1.85. The molecule has 0 saturated heterocycles. The molecule has 6 heteroatoms. The smallest absolute Gasteiger partial charge is 0.278 e. The van der Waals surface area contributed by atoms with Crippen molar-refractivity contribution < 1.29 is 9.53 Å². The van der Waals surface area contributed by atoms with Gasteiger partial charge in [-0.05, 0) is 36.4 Å². The van der Waals surface area contributed by atoms with Crippen molar-refractivity contribution in [3.63, 3.8) is 0 Å². The van der Waals surface area contributed by atoms with Crippen molar-refractivity contribution in [3.8, 4) is 5.75 Å². The minimum absolute atomic E-state index is 0.220. The zero-order valence-electron chi connectivity index (χ0n) is 14.0. The van der Waals surface area contributed by atoms with Crippen LogP contribution in [0, 0.1) is 0 Å². The molecular formula is C19H18N4O2. The van der Waals surface area contributed by atoms with E-state index in [1.165, 1.54) is 4.90 Å². The van der Waals surface area contributed by atoms with Crippen LogP contribution in [-0.2, 0) is 0 Å². The van der Waals surface area contributed by atoms with Crippen molar-refractivity contribution in [2.45, 2.75) is 0 Å². The van der Waals surface area contributed by atoms with Crippen LogP contribution in [0.25, 0.3) is 0 Å². The Bertz CT molecular complexity index is 851. The quantitative estimate of drug-likeness (QED) is 0.773. The standard InChI is InChI=1S/C19H18N4O2/c1-23(14-8-4-3-5-9-14)19(24)16-12-13-18(22-21-16)20-15-10-6-7-11-17(15)25-2/h3-13H,1-2H3,(H,20,22). The number of rotatable bonds is 5. The number of carbonyl (C=O) groups is 1. The van der Waals surface area contributed by atoms with Crippen LogP contribution in [0.5, 0.6) is 5.75 Å². The highest BCUT2D eigenvalue weighted by Gasteiger charge is 2.15. The highest BCUT2D eigenvalue weighted by atomic mass is 16.5. The second-order valence-corrected chi connectivity index (χ2v) is 5.33. The fraction of sp³-hybridized carbons (Fsp3) is 0.105. The molecule has 0 unspecified atom stereocenters. The summed E-state index contributed by atoms with van der Waals surface area (Å²) in [5, 5.41) is 11.2. The predicted molar refractivity (Wildman–Crippen MR) is 97.5 cm³/mol. The number of methoxy groups -OCH3 is 1. The molecule has 0 spiro atoms. The third kappa shape index (κ3) is 3.74. The van der Waals surface area contributed by atoms with E-state index >= 15 is 0 Å². The molecule has 0 saturated carbocycles. The van der Waals surface area contributed by atoms with Crippen LogP contribution in [0.2, 0.25) is 0 Å². The number of nitrogens with one attached hydrogen (secondary N) is 1. The zero-order chi connectivity index (χ0) is 17.6. The topological polar surface area (TPSA) is 67.3 Å². The fourth-order valence-corrected chi connectivity index (χ4v) is 2.34. The van der Waals surface area contributed by atoms with Gasteiger partial charge in [0.15, 0.2) is 11.5 Å². The summed E-state index contributed by atoms with van der Waals surface area (Å²) in [6.07, 6.45) is 0. The number of hydrogen-bond donors (Lipinski definition) is 1. The molecule has 0 aliphatic carbocycles. The van der Waals surface area contributed by atoms with Gasteiger partial charge >= 0.3 is 0 Å². The number of amides is 1. The number of para-hydroxylation sites is 3. The number of hydrogen-bond acceptors (Lipinski definition) is 5. The Kier molecular flexibility index (Phi) is 4.89. The van der Waals surface area contributed by atoms with Crippen molar-refractivity contribution >= 4 is 23.1 Å². The molecule has 0 aliphatic rings. The Hall–Kier alpha value is -3.41. The zero-order valence-corrected chi connectivity index (χ0v) is 14.0. The molecule has 0 radical (unpaired) electrons. The van der Waals surface area contributed by atoms with Crippen LogP contribution in [0.4, 0.5) is 17.2 Å². The van der Waals surface area contributed by atoms with Gasteiger partial charge in [0.1, 0.15) is 5.75 Å². The van der Waals surface area contributed by atoms with Gasteiger partial charge in [-0.3, -0.25) is 4.79 Å². The SMILES string of the molecule is COc1ccccc1Nc1ccc(C(=O)N(C)c2ccccc2)nn1. The van der Waals surface area contributed by atoms with Gasteiger partial charge in [-0.15, -0.1) is 10.2 Å². The minimum Gasteiger partial charge on any atom is -0.495 e. The Morgan fingerprint density at radius 1 is 0.960 bits per heavy atom. The number of benzene rings is 2. The van der Waals surface area contributed by atoms with Crippen molar-refractivity contribution in [1.29, 1.82) is 0 Å². The molecule has 0 bridgehead atoms. The number of aromatic nitrogens is 2. The van der Waals surface area contributed by atoms with Crippen molar-refractivity contribution in [2.75, 3.05) is 24.4 Å². The molecule has 1 heterocycles. The maximum absolute atomic E-state index is 12.5. The Morgan fingerprint density at radius 2 is 1.68 bits per heavy atom. The first kappa shape index (κ1) is 16.4. The van der Waals surface area contributed by atoms with Gasteiger partial charge < -0.3 is 15.0 Å². The average molecular weight is 334 g/mol. The number of ether oxygens (including phenoxy) is 1. The number of nitrogens with zero attached hydrogens (tertiary/aromatic N) is 3. The summed E-state index contributed by atoms with van der Waals surface area (Å²) in [7, 11) is 3.31. The monoisotopic (exact) mass is 334 g/mol. The van der Waals surface area contributed by atoms with E-state index in [4.69, 9.17) is 4.74 Å². The average Bonchev–Trinajstić information content (AvgIpc) is 2.68. The molecule has 0 fully saturated rings. The summed E-state index contributed by atoms with van der Waals surface area (Å²) in [6.45, 7) is 0. The predicted octanol–water partition coefficient (Wildman–Crippen LogP) is 3.51. The molecule has 2 aromatic carbocycles. The fourth-order valence-electron chi connectivity index (χ4n) is 2.34. The van der Waals surface area contributed by atoms with Gasteiger partial charge in [-0.1, -0.05) is 30.3 Å². The largest absolute Gasteiger partial charge is 0.495 e. The van der Waals surface area contributed by atoms with Crippen LogP contribution >= 0.6 is 0 Å².